The van der Waals surface area contributed by atoms with Gasteiger partial charge in [-0.1, -0.05) is 34.5 Å². The molecule has 1 saturated carbocycles. The summed E-state index contributed by atoms with van der Waals surface area (Å²) in [4.78, 5) is 50.1. The van der Waals surface area contributed by atoms with Gasteiger partial charge in [-0.25, -0.2) is 9.78 Å². The molecule has 2 fully saturated rings. The number of amides is 2. The zero-order valence-electron chi connectivity index (χ0n) is 18.3. The number of hydrogen-bond donors (Lipinski definition) is 4. The molecule has 182 valence electrons. The summed E-state index contributed by atoms with van der Waals surface area (Å²) in [6, 6.07) is 3.39. The number of carbonyl (C=O) groups is 3. The maximum absolute atomic E-state index is 12.6. The number of pyridine rings is 1. The van der Waals surface area contributed by atoms with E-state index in [0.29, 0.717) is 34.6 Å². The first kappa shape index (κ1) is 23.6. The van der Waals surface area contributed by atoms with Crippen molar-refractivity contribution in [2.45, 2.75) is 19.4 Å². The molecule has 1 unspecified atom stereocenters. The van der Waals surface area contributed by atoms with Crippen LogP contribution in [0.4, 0.5) is 10.8 Å². The highest BCUT2D eigenvalue weighted by Gasteiger charge is 2.57. The van der Waals surface area contributed by atoms with Gasteiger partial charge < -0.3 is 25.6 Å². The van der Waals surface area contributed by atoms with Crippen LogP contribution in [0.5, 0.6) is 0 Å². The SMILES string of the molecule is Cc1[nH]c(C(=O)NC2[C@H]3CN(c4nc(CC(=O)Nc5cccnc5)c(C(=O)O)s4)C[C@@H]23)c(Cl)c1Cl. The lowest BCUT2D eigenvalue weighted by Crippen LogP contribution is -2.34. The third-order valence-electron chi connectivity index (χ3n) is 6.20. The third-order valence-corrected chi connectivity index (χ3v) is 8.29. The number of nitrogens with zero attached hydrogens (tertiary/aromatic N) is 3. The molecule has 3 aromatic heterocycles. The minimum atomic E-state index is -1.12. The molecule has 35 heavy (non-hydrogen) atoms. The second-order valence-corrected chi connectivity index (χ2v) is 10.3. The normalized spacial score (nSPS) is 20.4. The van der Waals surface area contributed by atoms with Crippen LogP contribution in [-0.2, 0) is 11.2 Å². The Kier molecular flexibility index (Phi) is 6.16. The summed E-state index contributed by atoms with van der Waals surface area (Å²) in [5, 5.41) is 16.4. The number of thiazole rings is 1. The maximum Gasteiger partial charge on any atom is 0.347 e. The first-order chi connectivity index (χ1) is 16.7. The average molecular weight is 535 g/mol. The number of carboxylic acids is 1. The van der Waals surface area contributed by atoms with Crippen LogP contribution in [0, 0.1) is 18.8 Å². The summed E-state index contributed by atoms with van der Waals surface area (Å²) < 4.78 is 0. The minimum Gasteiger partial charge on any atom is -0.477 e. The van der Waals surface area contributed by atoms with Crippen LogP contribution in [0.2, 0.25) is 10.0 Å². The van der Waals surface area contributed by atoms with Gasteiger partial charge in [0.25, 0.3) is 5.91 Å². The lowest BCUT2D eigenvalue weighted by molar-refractivity contribution is -0.115. The molecule has 0 aromatic carbocycles. The number of H-pyrrole nitrogens is 1. The molecule has 2 amide bonds. The van der Waals surface area contributed by atoms with Gasteiger partial charge in [-0.3, -0.25) is 14.6 Å². The van der Waals surface area contributed by atoms with E-state index >= 15 is 0 Å². The van der Waals surface area contributed by atoms with Gasteiger partial charge in [-0.2, -0.15) is 0 Å². The van der Waals surface area contributed by atoms with Crippen LogP contribution in [0.3, 0.4) is 0 Å². The fourth-order valence-corrected chi connectivity index (χ4v) is 5.76. The number of aromatic carboxylic acids is 1. The van der Waals surface area contributed by atoms with Crippen molar-refractivity contribution >= 4 is 63.1 Å². The van der Waals surface area contributed by atoms with Crippen molar-refractivity contribution in [3.8, 4) is 0 Å². The number of nitrogens with one attached hydrogen (secondary N) is 3. The zero-order chi connectivity index (χ0) is 24.9. The molecule has 4 N–H and O–H groups in total. The van der Waals surface area contributed by atoms with Crippen LogP contribution in [0.15, 0.2) is 24.5 Å². The van der Waals surface area contributed by atoms with Crippen molar-refractivity contribution in [2.75, 3.05) is 23.3 Å². The topological polar surface area (TPSA) is 140 Å². The Morgan fingerprint density at radius 2 is 2.00 bits per heavy atom. The van der Waals surface area contributed by atoms with E-state index in [1.54, 1.807) is 25.3 Å². The summed E-state index contributed by atoms with van der Waals surface area (Å²) in [5.41, 5.74) is 1.62. The number of aromatic nitrogens is 3. The molecule has 0 radical (unpaired) electrons. The van der Waals surface area contributed by atoms with Crippen LogP contribution in [-0.4, -0.2) is 57.0 Å². The fraction of sp³-hybridized carbons (Fsp3) is 0.318. The molecule has 13 heteroatoms. The van der Waals surface area contributed by atoms with Gasteiger partial charge in [0.15, 0.2) is 5.13 Å². The predicted octanol–water partition coefficient (Wildman–Crippen LogP) is 3.23. The second-order valence-electron chi connectivity index (χ2n) is 8.53. The summed E-state index contributed by atoms with van der Waals surface area (Å²) in [7, 11) is 0. The quantitative estimate of drug-likeness (QED) is 0.364. The van der Waals surface area contributed by atoms with Gasteiger partial charge in [0.1, 0.15) is 10.6 Å². The Hall–Kier alpha value is -3.15. The lowest BCUT2D eigenvalue weighted by atomic mass is 10.2. The number of fused-ring (bicyclic) bond motifs is 1. The number of rotatable bonds is 7. The maximum atomic E-state index is 12.6. The van der Waals surface area contributed by atoms with Crippen LogP contribution in [0.1, 0.15) is 31.5 Å². The van der Waals surface area contributed by atoms with Crippen molar-refractivity contribution in [1.29, 1.82) is 0 Å². The Morgan fingerprint density at radius 1 is 1.26 bits per heavy atom. The van der Waals surface area contributed by atoms with Crippen molar-refractivity contribution in [1.82, 2.24) is 20.3 Å². The van der Waals surface area contributed by atoms with E-state index in [9.17, 15) is 19.5 Å². The van der Waals surface area contributed by atoms with Crippen molar-refractivity contribution < 1.29 is 19.5 Å². The van der Waals surface area contributed by atoms with Crippen LogP contribution < -0.4 is 15.5 Å². The van der Waals surface area contributed by atoms with Gasteiger partial charge in [0, 0.05) is 42.9 Å². The summed E-state index contributed by atoms with van der Waals surface area (Å²) in [6.45, 7) is 2.99. The van der Waals surface area contributed by atoms with Gasteiger partial charge >= 0.3 is 5.97 Å². The highest BCUT2D eigenvalue weighted by molar-refractivity contribution is 7.17. The molecule has 1 aliphatic heterocycles. The molecule has 3 atom stereocenters. The Balaban J connectivity index is 1.21. The summed E-state index contributed by atoms with van der Waals surface area (Å²) in [5.74, 6) is -1.36. The molecule has 0 spiro atoms. The van der Waals surface area contributed by atoms with E-state index in [1.165, 1.54) is 6.20 Å². The predicted molar refractivity (Wildman–Crippen MR) is 132 cm³/mol. The number of carbonyl (C=O) groups excluding carboxylic acids is 2. The van der Waals surface area contributed by atoms with Crippen LogP contribution >= 0.6 is 34.5 Å². The largest absolute Gasteiger partial charge is 0.477 e. The summed E-state index contributed by atoms with van der Waals surface area (Å²) >= 11 is 13.3. The Morgan fingerprint density at radius 3 is 2.60 bits per heavy atom. The molecule has 3 aromatic rings. The molecule has 0 bridgehead atoms. The van der Waals surface area contributed by atoms with Crippen LogP contribution in [0.25, 0.3) is 0 Å². The van der Waals surface area contributed by atoms with Crippen molar-refractivity contribution in [2.24, 2.45) is 11.8 Å². The zero-order valence-corrected chi connectivity index (χ0v) is 20.7. The van der Waals surface area contributed by atoms with Gasteiger partial charge in [0.2, 0.25) is 5.91 Å². The first-order valence-corrected chi connectivity index (χ1v) is 12.3. The number of halogens is 2. The fourth-order valence-electron chi connectivity index (χ4n) is 4.40. The van der Waals surface area contributed by atoms with E-state index in [-0.39, 0.29) is 57.4 Å². The number of carboxylic acid groups (broad SMARTS) is 1. The molecular weight excluding hydrogens is 515 g/mol. The van der Waals surface area contributed by atoms with Gasteiger partial charge in [-0.15, -0.1) is 0 Å². The van der Waals surface area contributed by atoms with E-state index in [0.717, 1.165) is 11.3 Å². The second kappa shape index (κ2) is 9.14. The number of anilines is 2. The van der Waals surface area contributed by atoms with Gasteiger partial charge in [0.05, 0.1) is 34.0 Å². The standard InChI is InChI=1S/C22H20Cl2N6O4S/c1-9-15(23)16(24)18(26-9)20(32)29-17-11-7-30(8-12(11)17)22-28-13(19(35-22)21(33)34)5-14(31)27-10-3-2-4-25-6-10/h2-4,6,11-12,17,26H,5,7-8H2,1H3,(H,27,31)(H,29,32)(H,33,34)/t11-,12+,17?. The van der Waals surface area contributed by atoms with E-state index in [4.69, 9.17) is 23.2 Å². The third kappa shape index (κ3) is 4.58. The monoisotopic (exact) mass is 534 g/mol. The highest BCUT2D eigenvalue weighted by atomic mass is 35.5. The van der Waals surface area contributed by atoms with E-state index in [1.807, 2.05) is 4.90 Å². The Bertz CT molecular complexity index is 1310. The first-order valence-electron chi connectivity index (χ1n) is 10.7. The number of aryl methyl sites for hydroxylation is 1. The molecule has 10 nitrogen and oxygen atoms in total. The molecule has 1 aliphatic carbocycles. The molecule has 2 aliphatic rings. The smallest absolute Gasteiger partial charge is 0.347 e. The Labute approximate surface area is 213 Å². The van der Waals surface area contributed by atoms with Crippen molar-refractivity contribution in [3.05, 3.63) is 56.5 Å². The molecule has 4 heterocycles. The molecule has 5 rings (SSSR count). The van der Waals surface area contributed by atoms with E-state index < -0.39 is 5.97 Å². The van der Waals surface area contributed by atoms with Crippen molar-refractivity contribution in [3.63, 3.8) is 0 Å². The minimum absolute atomic E-state index is 0.000773. The number of hydrogen-bond acceptors (Lipinski definition) is 7. The number of aromatic amines is 1. The highest BCUT2D eigenvalue weighted by Crippen LogP contribution is 2.48. The number of piperidine rings is 1. The molecule has 1 saturated heterocycles. The summed E-state index contributed by atoms with van der Waals surface area (Å²) in [6.07, 6.45) is 2.94. The van der Waals surface area contributed by atoms with E-state index in [2.05, 4.69) is 25.6 Å². The average Bonchev–Trinajstić information content (AvgIpc) is 3.19. The lowest BCUT2D eigenvalue weighted by Gasteiger charge is -2.19. The molecular formula is C22H20Cl2N6O4S. The van der Waals surface area contributed by atoms with Gasteiger partial charge in [-0.05, 0) is 19.1 Å².